The maximum Gasteiger partial charge on any atom is 0.250 e. The molecule has 4 aromatic rings. The zero-order valence-corrected chi connectivity index (χ0v) is 18.7. The third-order valence-corrected chi connectivity index (χ3v) is 6.65. The van der Waals surface area contributed by atoms with Crippen LogP contribution in [0.1, 0.15) is 11.1 Å². The molecule has 0 radical (unpaired) electrons. The van der Waals surface area contributed by atoms with Crippen LogP contribution in [-0.2, 0) is 11.4 Å². The molecule has 0 aliphatic carbocycles. The minimum absolute atomic E-state index is 0.194. The van der Waals surface area contributed by atoms with Gasteiger partial charge in [-0.25, -0.2) is 10.4 Å². The fourth-order valence-electron chi connectivity index (χ4n) is 2.71. The van der Waals surface area contributed by atoms with E-state index in [-0.39, 0.29) is 11.7 Å². The van der Waals surface area contributed by atoms with Crippen molar-refractivity contribution >= 4 is 57.0 Å². The van der Waals surface area contributed by atoms with Gasteiger partial charge in [0.15, 0.2) is 4.34 Å². The average molecular weight is 468 g/mol. The molecule has 0 saturated heterocycles. The Labute approximate surface area is 193 Å². The highest BCUT2D eigenvalue weighted by molar-refractivity contribution is 8.01. The molecule has 0 spiro atoms. The Morgan fingerprint density at radius 2 is 1.87 bits per heavy atom. The van der Waals surface area contributed by atoms with Crippen molar-refractivity contribution in [2.75, 3.05) is 5.75 Å². The van der Waals surface area contributed by atoms with Gasteiger partial charge < -0.3 is 4.74 Å². The van der Waals surface area contributed by atoms with E-state index in [0.29, 0.717) is 17.4 Å². The summed E-state index contributed by atoms with van der Waals surface area (Å²) in [6, 6.07) is 22.9. The summed E-state index contributed by atoms with van der Waals surface area (Å²) < 4.78 is 7.87. The summed E-state index contributed by atoms with van der Waals surface area (Å²) >= 11 is 8.89. The Kier molecular flexibility index (Phi) is 7.19. The number of carbonyl (C=O) groups is 1. The summed E-state index contributed by atoms with van der Waals surface area (Å²) in [7, 11) is 0. The van der Waals surface area contributed by atoms with E-state index in [1.165, 1.54) is 11.8 Å². The first kappa shape index (κ1) is 21.4. The number of fused-ring (bicyclic) bond motifs is 1. The highest BCUT2D eigenvalue weighted by Gasteiger charge is 2.07. The molecule has 156 valence electrons. The van der Waals surface area contributed by atoms with Crippen LogP contribution in [0.25, 0.3) is 10.2 Å². The van der Waals surface area contributed by atoms with Gasteiger partial charge in [-0.05, 0) is 42.0 Å². The molecule has 0 aliphatic heterocycles. The van der Waals surface area contributed by atoms with Gasteiger partial charge in [0.1, 0.15) is 12.4 Å². The second-order valence-corrected chi connectivity index (χ2v) is 9.17. The minimum Gasteiger partial charge on any atom is -0.488 e. The quantitative estimate of drug-likeness (QED) is 0.203. The van der Waals surface area contributed by atoms with Gasteiger partial charge in [0.25, 0.3) is 5.91 Å². The Morgan fingerprint density at radius 3 is 2.71 bits per heavy atom. The zero-order chi connectivity index (χ0) is 21.5. The summed E-state index contributed by atoms with van der Waals surface area (Å²) in [6.45, 7) is 0.410. The average Bonchev–Trinajstić information content (AvgIpc) is 3.21. The summed E-state index contributed by atoms with van der Waals surface area (Å²) in [5, 5.41) is 4.76. The molecule has 8 heteroatoms. The first-order valence-electron chi connectivity index (χ1n) is 9.44. The number of hydrogen-bond donors (Lipinski definition) is 1. The van der Waals surface area contributed by atoms with Crippen molar-refractivity contribution in [2.24, 2.45) is 5.10 Å². The number of aromatic nitrogens is 1. The van der Waals surface area contributed by atoms with Gasteiger partial charge in [-0.1, -0.05) is 59.8 Å². The number of thioether (sulfide) groups is 1. The van der Waals surface area contributed by atoms with E-state index in [4.69, 9.17) is 16.3 Å². The number of nitrogens with zero attached hydrogens (tertiary/aromatic N) is 2. The Bertz CT molecular complexity index is 1180. The lowest BCUT2D eigenvalue weighted by atomic mass is 10.2. The molecule has 1 amide bonds. The smallest absolute Gasteiger partial charge is 0.250 e. The maximum absolute atomic E-state index is 12.1. The van der Waals surface area contributed by atoms with E-state index in [1.54, 1.807) is 17.6 Å². The predicted molar refractivity (Wildman–Crippen MR) is 128 cm³/mol. The Morgan fingerprint density at radius 1 is 1.10 bits per heavy atom. The van der Waals surface area contributed by atoms with Crippen molar-refractivity contribution in [3.63, 3.8) is 0 Å². The molecule has 5 nitrogen and oxygen atoms in total. The fraction of sp³-hybridized carbons (Fsp3) is 0.0870. The zero-order valence-electron chi connectivity index (χ0n) is 16.3. The molecule has 0 atom stereocenters. The molecular weight excluding hydrogens is 450 g/mol. The lowest BCUT2D eigenvalue weighted by Crippen LogP contribution is -2.19. The summed E-state index contributed by atoms with van der Waals surface area (Å²) in [5.41, 5.74) is 5.29. The van der Waals surface area contributed by atoms with E-state index in [9.17, 15) is 4.79 Å². The van der Waals surface area contributed by atoms with Crippen molar-refractivity contribution in [2.45, 2.75) is 10.9 Å². The van der Waals surface area contributed by atoms with Crippen LogP contribution < -0.4 is 10.2 Å². The molecular formula is C23H18ClN3O2S2. The Hall–Kier alpha value is -2.87. The molecule has 0 aliphatic rings. The predicted octanol–water partition coefficient (Wildman–Crippen LogP) is 5.77. The third kappa shape index (κ3) is 6.07. The van der Waals surface area contributed by atoms with E-state index in [2.05, 4.69) is 15.5 Å². The number of ether oxygens (including phenoxy) is 1. The number of halogens is 1. The second kappa shape index (κ2) is 10.4. The Balaban J connectivity index is 1.29. The van der Waals surface area contributed by atoms with Gasteiger partial charge in [-0.15, -0.1) is 11.3 Å². The number of hydrogen-bond acceptors (Lipinski definition) is 6. The molecule has 3 aromatic carbocycles. The number of carbonyl (C=O) groups excluding carboxylic acids is 1. The van der Waals surface area contributed by atoms with Crippen molar-refractivity contribution in [1.82, 2.24) is 10.4 Å². The monoisotopic (exact) mass is 467 g/mol. The van der Waals surface area contributed by atoms with Gasteiger partial charge in [0.05, 0.1) is 22.2 Å². The maximum atomic E-state index is 12.1. The SMILES string of the molecule is O=C(CSc1nc2ccccc2s1)N/N=C/c1ccccc1OCc1ccc(Cl)cc1. The van der Waals surface area contributed by atoms with Crippen LogP contribution in [0.2, 0.25) is 5.02 Å². The fourth-order valence-corrected chi connectivity index (χ4v) is 4.69. The highest BCUT2D eigenvalue weighted by Crippen LogP contribution is 2.29. The molecule has 1 heterocycles. The van der Waals surface area contributed by atoms with Crippen molar-refractivity contribution < 1.29 is 9.53 Å². The van der Waals surface area contributed by atoms with Gasteiger partial charge in [-0.3, -0.25) is 4.79 Å². The van der Waals surface area contributed by atoms with Crippen molar-refractivity contribution in [3.05, 3.63) is 88.9 Å². The third-order valence-electron chi connectivity index (χ3n) is 4.22. The first-order valence-corrected chi connectivity index (χ1v) is 11.6. The van der Waals surface area contributed by atoms with Crippen LogP contribution >= 0.6 is 34.7 Å². The van der Waals surface area contributed by atoms with E-state index >= 15 is 0 Å². The van der Waals surface area contributed by atoms with Crippen LogP contribution in [-0.4, -0.2) is 22.9 Å². The molecule has 0 bridgehead atoms. The van der Waals surface area contributed by atoms with Gasteiger partial charge in [0, 0.05) is 10.6 Å². The van der Waals surface area contributed by atoms with Crippen LogP contribution in [0.4, 0.5) is 0 Å². The van der Waals surface area contributed by atoms with Crippen molar-refractivity contribution in [1.29, 1.82) is 0 Å². The second-order valence-electron chi connectivity index (χ2n) is 6.48. The minimum atomic E-state index is -0.194. The number of rotatable bonds is 8. The molecule has 0 fully saturated rings. The van der Waals surface area contributed by atoms with Crippen LogP contribution in [0.5, 0.6) is 5.75 Å². The first-order chi connectivity index (χ1) is 15.2. The topological polar surface area (TPSA) is 63.6 Å². The number of hydrazone groups is 1. The van der Waals surface area contributed by atoms with Crippen LogP contribution in [0.15, 0.2) is 82.2 Å². The van der Waals surface area contributed by atoms with E-state index in [1.807, 2.05) is 72.8 Å². The van der Waals surface area contributed by atoms with E-state index < -0.39 is 0 Å². The molecule has 4 rings (SSSR count). The largest absolute Gasteiger partial charge is 0.488 e. The molecule has 1 aromatic heterocycles. The molecule has 31 heavy (non-hydrogen) atoms. The van der Waals surface area contributed by atoms with Crippen LogP contribution in [0.3, 0.4) is 0 Å². The summed E-state index contributed by atoms with van der Waals surface area (Å²) in [5.74, 6) is 0.727. The summed E-state index contributed by atoms with van der Waals surface area (Å²) in [6.07, 6.45) is 1.58. The number of benzene rings is 3. The normalized spacial score (nSPS) is 11.1. The van der Waals surface area contributed by atoms with E-state index in [0.717, 1.165) is 25.7 Å². The van der Waals surface area contributed by atoms with Gasteiger partial charge in [0.2, 0.25) is 0 Å². The van der Waals surface area contributed by atoms with Crippen LogP contribution in [0, 0.1) is 0 Å². The lowest BCUT2D eigenvalue weighted by molar-refractivity contribution is -0.118. The number of para-hydroxylation sites is 2. The highest BCUT2D eigenvalue weighted by atomic mass is 35.5. The number of thiazole rings is 1. The molecule has 0 unspecified atom stereocenters. The molecule has 1 N–H and O–H groups in total. The van der Waals surface area contributed by atoms with Crippen molar-refractivity contribution in [3.8, 4) is 5.75 Å². The van der Waals surface area contributed by atoms with Gasteiger partial charge >= 0.3 is 0 Å². The lowest BCUT2D eigenvalue weighted by Gasteiger charge is -2.09. The molecule has 0 saturated carbocycles. The number of nitrogens with one attached hydrogen (secondary N) is 1. The van der Waals surface area contributed by atoms with Gasteiger partial charge in [-0.2, -0.15) is 5.10 Å². The summed E-state index contributed by atoms with van der Waals surface area (Å²) in [4.78, 5) is 16.6. The number of amides is 1. The standard InChI is InChI=1S/C23H18ClN3O2S2/c24-18-11-9-16(10-12-18)14-29-20-7-3-1-5-17(20)13-25-27-22(28)15-30-23-26-19-6-2-4-8-21(19)31-23/h1-13H,14-15H2,(H,27,28)/b25-13+.